The monoisotopic (exact) mass is 277 g/mol. The fourth-order valence-corrected chi connectivity index (χ4v) is 2.09. The van der Waals surface area contributed by atoms with Crippen LogP contribution in [0.2, 0.25) is 0 Å². The number of benzene rings is 1. The molecule has 4 nitrogen and oxygen atoms in total. The first-order chi connectivity index (χ1) is 9.13. The quantitative estimate of drug-likeness (QED) is 0.486. The van der Waals surface area contributed by atoms with Crippen molar-refractivity contribution in [1.29, 1.82) is 0 Å². The fourth-order valence-electron chi connectivity index (χ4n) is 1.21. The number of carbonyl (C=O) groups is 2. The third-order valence-electron chi connectivity index (χ3n) is 2.12. The molecular formula is C14H15NO3S. The van der Waals surface area contributed by atoms with E-state index in [0.717, 1.165) is 4.90 Å². The van der Waals surface area contributed by atoms with Gasteiger partial charge < -0.3 is 10.1 Å². The molecule has 1 N–H and O–H groups in total. The lowest BCUT2D eigenvalue weighted by Crippen LogP contribution is -2.30. The first kappa shape index (κ1) is 15.1. The zero-order chi connectivity index (χ0) is 14.1. The molecular weight excluding hydrogens is 262 g/mol. The Hall–Kier alpha value is -1.93. The van der Waals surface area contributed by atoms with Crippen LogP contribution < -0.4 is 5.32 Å². The second kappa shape index (κ2) is 8.22. The highest BCUT2D eigenvalue weighted by Gasteiger charge is 2.16. The van der Waals surface area contributed by atoms with Crippen molar-refractivity contribution in [3.8, 4) is 12.3 Å². The van der Waals surface area contributed by atoms with Gasteiger partial charge in [-0.1, -0.05) is 24.1 Å². The Morgan fingerprint density at radius 3 is 2.74 bits per heavy atom. The number of rotatable bonds is 6. The predicted molar refractivity (Wildman–Crippen MR) is 74.6 cm³/mol. The number of nitrogens with one attached hydrogen (secondary N) is 1. The molecule has 0 aromatic heterocycles. The Labute approximate surface area is 116 Å². The second-order valence-electron chi connectivity index (χ2n) is 3.66. The maximum atomic E-state index is 11.7. The van der Waals surface area contributed by atoms with Gasteiger partial charge in [-0.2, -0.15) is 0 Å². The summed E-state index contributed by atoms with van der Waals surface area (Å²) >= 11 is 1.38. The van der Waals surface area contributed by atoms with Crippen molar-refractivity contribution in [2.75, 3.05) is 13.2 Å². The van der Waals surface area contributed by atoms with Gasteiger partial charge in [0.2, 0.25) is 0 Å². The van der Waals surface area contributed by atoms with Crippen molar-refractivity contribution in [3.05, 3.63) is 30.3 Å². The fraction of sp³-hybridized carbons (Fsp3) is 0.286. The zero-order valence-electron chi connectivity index (χ0n) is 10.6. The maximum Gasteiger partial charge on any atom is 0.319 e. The van der Waals surface area contributed by atoms with Gasteiger partial charge in [0.25, 0.3) is 5.91 Å². The highest BCUT2D eigenvalue weighted by atomic mass is 32.2. The number of carbonyl (C=O) groups excluding carboxylic acids is 2. The van der Waals surface area contributed by atoms with Crippen LogP contribution in [0.25, 0.3) is 0 Å². The number of hydrogen-bond acceptors (Lipinski definition) is 4. The average Bonchev–Trinajstić information content (AvgIpc) is 2.43. The van der Waals surface area contributed by atoms with Gasteiger partial charge in [-0.05, 0) is 19.1 Å². The number of esters is 1. The Kier molecular flexibility index (Phi) is 6.55. The van der Waals surface area contributed by atoms with E-state index in [1.807, 2.05) is 30.3 Å². The lowest BCUT2D eigenvalue weighted by Gasteiger charge is -2.10. The molecule has 0 saturated carbocycles. The zero-order valence-corrected chi connectivity index (χ0v) is 11.4. The lowest BCUT2D eigenvalue weighted by atomic mass is 10.4. The molecule has 0 radical (unpaired) electrons. The van der Waals surface area contributed by atoms with Crippen molar-refractivity contribution in [1.82, 2.24) is 5.32 Å². The van der Waals surface area contributed by atoms with Gasteiger partial charge in [-0.15, -0.1) is 18.2 Å². The Morgan fingerprint density at radius 1 is 1.42 bits per heavy atom. The molecule has 1 amide bonds. The number of terminal acetylenes is 1. The van der Waals surface area contributed by atoms with Crippen LogP contribution in [0.4, 0.5) is 0 Å². The molecule has 0 heterocycles. The minimum Gasteiger partial charge on any atom is -0.455 e. The molecule has 0 aliphatic rings. The summed E-state index contributed by atoms with van der Waals surface area (Å²) < 4.78 is 4.89. The van der Waals surface area contributed by atoms with Gasteiger partial charge in [-0.25, -0.2) is 0 Å². The molecule has 0 fully saturated rings. The third-order valence-corrected chi connectivity index (χ3v) is 3.21. The van der Waals surface area contributed by atoms with E-state index in [0.29, 0.717) is 0 Å². The Bertz CT molecular complexity index is 467. The van der Waals surface area contributed by atoms with Crippen LogP contribution in [-0.4, -0.2) is 30.3 Å². The summed E-state index contributed by atoms with van der Waals surface area (Å²) in [6.45, 7) is 1.56. The third kappa shape index (κ3) is 5.98. The molecule has 1 aromatic rings. The van der Waals surface area contributed by atoms with Gasteiger partial charge in [0, 0.05) is 4.90 Å². The average molecular weight is 277 g/mol. The van der Waals surface area contributed by atoms with Gasteiger partial charge in [0.1, 0.15) is 5.25 Å². The van der Waals surface area contributed by atoms with E-state index in [2.05, 4.69) is 11.2 Å². The molecule has 0 aliphatic heterocycles. The van der Waals surface area contributed by atoms with E-state index < -0.39 is 11.9 Å². The SMILES string of the molecule is C#CCNC(=O)COC(=O)[C@@H](C)Sc1ccccc1. The number of amides is 1. The molecule has 1 aromatic carbocycles. The van der Waals surface area contributed by atoms with Crippen molar-refractivity contribution in [2.45, 2.75) is 17.1 Å². The molecule has 1 atom stereocenters. The summed E-state index contributed by atoms with van der Waals surface area (Å²) in [5.74, 6) is 1.44. The van der Waals surface area contributed by atoms with Crippen LogP contribution in [0.5, 0.6) is 0 Å². The van der Waals surface area contributed by atoms with Crippen LogP contribution in [-0.2, 0) is 14.3 Å². The molecule has 1 rings (SSSR count). The topological polar surface area (TPSA) is 55.4 Å². The normalized spacial score (nSPS) is 11.2. The summed E-state index contributed by atoms with van der Waals surface area (Å²) in [4.78, 5) is 23.8. The van der Waals surface area contributed by atoms with Gasteiger partial charge >= 0.3 is 5.97 Å². The van der Waals surface area contributed by atoms with E-state index in [-0.39, 0.29) is 18.4 Å². The lowest BCUT2D eigenvalue weighted by molar-refractivity contribution is -0.147. The van der Waals surface area contributed by atoms with E-state index in [9.17, 15) is 9.59 Å². The van der Waals surface area contributed by atoms with Crippen LogP contribution >= 0.6 is 11.8 Å². The first-order valence-electron chi connectivity index (χ1n) is 5.72. The molecule has 19 heavy (non-hydrogen) atoms. The Balaban J connectivity index is 2.33. The number of thioether (sulfide) groups is 1. The minimum absolute atomic E-state index is 0.130. The molecule has 0 aliphatic carbocycles. The molecule has 100 valence electrons. The number of hydrogen-bond donors (Lipinski definition) is 1. The standard InChI is InChI=1S/C14H15NO3S/c1-3-9-15-13(16)10-18-14(17)11(2)19-12-7-5-4-6-8-12/h1,4-8,11H,9-10H2,2H3,(H,15,16)/t11-/m1/s1. The van der Waals surface area contributed by atoms with Crippen molar-refractivity contribution in [3.63, 3.8) is 0 Å². The largest absolute Gasteiger partial charge is 0.455 e. The van der Waals surface area contributed by atoms with E-state index in [1.54, 1.807) is 6.92 Å². The first-order valence-corrected chi connectivity index (χ1v) is 6.60. The van der Waals surface area contributed by atoms with Gasteiger partial charge in [0.05, 0.1) is 6.54 Å². The summed E-state index contributed by atoms with van der Waals surface area (Å²) in [6.07, 6.45) is 4.99. The Morgan fingerprint density at radius 2 is 2.11 bits per heavy atom. The van der Waals surface area contributed by atoms with Crippen LogP contribution in [0.15, 0.2) is 35.2 Å². The van der Waals surface area contributed by atoms with Crippen molar-refractivity contribution >= 4 is 23.6 Å². The predicted octanol–water partition coefficient (Wildman–Crippen LogP) is 1.46. The highest BCUT2D eigenvalue weighted by molar-refractivity contribution is 8.00. The van der Waals surface area contributed by atoms with E-state index >= 15 is 0 Å². The highest BCUT2D eigenvalue weighted by Crippen LogP contribution is 2.23. The second-order valence-corrected chi connectivity index (χ2v) is 5.08. The summed E-state index contributed by atoms with van der Waals surface area (Å²) in [7, 11) is 0. The van der Waals surface area contributed by atoms with Crippen LogP contribution in [0.1, 0.15) is 6.92 Å². The maximum absolute atomic E-state index is 11.7. The molecule has 0 unspecified atom stereocenters. The van der Waals surface area contributed by atoms with Gasteiger partial charge in [0.15, 0.2) is 6.61 Å². The summed E-state index contributed by atoms with van der Waals surface area (Å²) in [5.41, 5.74) is 0. The summed E-state index contributed by atoms with van der Waals surface area (Å²) in [5, 5.41) is 2.04. The van der Waals surface area contributed by atoms with E-state index in [1.165, 1.54) is 11.8 Å². The van der Waals surface area contributed by atoms with Gasteiger partial charge in [-0.3, -0.25) is 9.59 Å². The number of ether oxygens (including phenoxy) is 1. The van der Waals surface area contributed by atoms with Crippen LogP contribution in [0, 0.1) is 12.3 Å². The van der Waals surface area contributed by atoms with Crippen molar-refractivity contribution in [2.24, 2.45) is 0 Å². The molecule has 5 heteroatoms. The van der Waals surface area contributed by atoms with Crippen molar-refractivity contribution < 1.29 is 14.3 Å². The molecule has 0 bridgehead atoms. The van der Waals surface area contributed by atoms with E-state index in [4.69, 9.17) is 11.2 Å². The molecule has 0 spiro atoms. The molecule has 0 saturated heterocycles. The minimum atomic E-state index is -0.426. The van der Waals surface area contributed by atoms with Crippen LogP contribution in [0.3, 0.4) is 0 Å². The smallest absolute Gasteiger partial charge is 0.319 e. The summed E-state index contributed by atoms with van der Waals surface area (Å²) in [6, 6.07) is 9.52.